The molecule has 2 heteroatoms. The van der Waals surface area contributed by atoms with E-state index in [9.17, 15) is 0 Å². The van der Waals surface area contributed by atoms with Crippen LogP contribution in [0.25, 0.3) is 0 Å². The fourth-order valence-corrected chi connectivity index (χ4v) is 2.65. The molecule has 0 aromatic rings. The zero-order chi connectivity index (χ0) is 10.2. The maximum atomic E-state index is 3.69. The van der Waals surface area contributed by atoms with Crippen molar-refractivity contribution in [2.75, 3.05) is 18.6 Å². The topological polar surface area (TPSA) is 12.0 Å². The van der Waals surface area contributed by atoms with Crippen LogP contribution in [0.3, 0.4) is 0 Å². The third-order valence-electron chi connectivity index (χ3n) is 2.93. The molecule has 2 unspecified atom stereocenters. The molecule has 0 aliphatic heterocycles. The SMILES string of the molecule is CCC(CSC)NCC1CC=CCC1. The van der Waals surface area contributed by atoms with Crippen molar-refractivity contribution in [3.8, 4) is 0 Å². The summed E-state index contributed by atoms with van der Waals surface area (Å²) in [6.45, 7) is 3.48. The van der Waals surface area contributed by atoms with Crippen molar-refractivity contribution in [3.63, 3.8) is 0 Å². The minimum atomic E-state index is 0.718. The first-order valence-electron chi connectivity index (χ1n) is 5.74. The molecule has 0 bridgehead atoms. The molecule has 0 amide bonds. The van der Waals surface area contributed by atoms with Gasteiger partial charge in [-0.25, -0.2) is 0 Å². The Bertz CT molecular complexity index is 168. The second-order valence-electron chi connectivity index (χ2n) is 4.12. The van der Waals surface area contributed by atoms with Gasteiger partial charge in [0.05, 0.1) is 0 Å². The van der Waals surface area contributed by atoms with Crippen LogP contribution in [0.2, 0.25) is 0 Å². The molecule has 2 atom stereocenters. The number of thioether (sulfide) groups is 1. The van der Waals surface area contributed by atoms with E-state index in [4.69, 9.17) is 0 Å². The van der Waals surface area contributed by atoms with Crippen LogP contribution in [0.5, 0.6) is 0 Å². The molecule has 0 aromatic heterocycles. The molecular weight excluding hydrogens is 190 g/mol. The molecule has 0 aromatic carbocycles. The van der Waals surface area contributed by atoms with Crippen LogP contribution in [0.15, 0.2) is 12.2 Å². The normalized spacial score (nSPS) is 23.7. The molecule has 1 rings (SSSR count). The van der Waals surface area contributed by atoms with Crippen LogP contribution in [-0.2, 0) is 0 Å². The molecule has 0 spiro atoms. The lowest BCUT2D eigenvalue weighted by Crippen LogP contribution is -2.35. The van der Waals surface area contributed by atoms with Gasteiger partial charge in [-0.2, -0.15) is 11.8 Å². The van der Waals surface area contributed by atoms with Crippen LogP contribution < -0.4 is 5.32 Å². The number of allylic oxidation sites excluding steroid dienone is 2. The van der Waals surface area contributed by atoms with E-state index in [-0.39, 0.29) is 0 Å². The summed E-state index contributed by atoms with van der Waals surface area (Å²) >= 11 is 1.94. The van der Waals surface area contributed by atoms with Gasteiger partial charge in [0, 0.05) is 11.8 Å². The Kier molecular flexibility index (Phi) is 6.37. The highest BCUT2D eigenvalue weighted by atomic mass is 32.2. The van der Waals surface area contributed by atoms with Crippen molar-refractivity contribution in [1.29, 1.82) is 0 Å². The van der Waals surface area contributed by atoms with E-state index in [1.165, 1.54) is 38.0 Å². The second-order valence-corrected chi connectivity index (χ2v) is 5.03. The first-order valence-corrected chi connectivity index (χ1v) is 7.13. The van der Waals surface area contributed by atoms with Gasteiger partial charge in [-0.1, -0.05) is 19.1 Å². The summed E-state index contributed by atoms with van der Waals surface area (Å²) in [5.41, 5.74) is 0. The maximum Gasteiger partial charge on any atom is 0.0155 e. The predicted molar refractivity (Wildman–Crippen MR) is 66.9 cm³/mol. The van der Waals surface area contributed by atoms with E-state index < -0.39 is 0 Å². The first-order chi connectivity index (χ1) is 6.86. The third-order valence-corrected chi connectivity index (χ3v) is 3.67. The molecule has 0 radical (unpaired) electrons. The zero-order valence-electron chi connectivity index (χ0n) is 9.46. The number of nitrogens with one attached hydrogen (secondary N) is 1. The van der Waals surface area contributed by atoms with Gasteiger partial charge in [0.1, 0.15) is 0 Å². The summed E-state index contributed by atoms with van der Waals surface area (Å²) in [5, 5.41) is 3.69. The van der Waals surface area contributed by atoms with Crippen molar-refractivity contribution in [2.45, 2.75) is 38.6 Å². The van der Waals surface area contributed by atoms with Gasteiger partial charge in [-0.05, 0) is 44.4 Å². The van der Waals surface area contributed by atoms with Crippen LogP contribution in [0.4, 0.5) is 0 Å². The zero-order valence-corrected chi connectivity index (χ0v) is 10.3. The van der Waals surface area contributed by atoms with Crippen LogP contribution >= 0.6 is 11.8 Å². The summed E-state index contributed by atoms with van der Waals surface area (Å²) in [7, 11) is 0. The highest BCUT2D eigenvalue weighted by Gasteiger charge is 2.11. The monoisotopic (exact) mass is 213 g/mol. The lowest BCUT2D eigenvalue weighted by molar-refractivity contribution is 0.409. The quantitative estimate of drug-likeness (QED) is 0.681. The van der Waals surface area contributed by atoms with Crippen LogP contribution in [0, 0.1) is 5.92 Å². The van der Waals surface area contributed by atoms with Gasteiger partial charge in [-0.15, -0.1) is 0 Å². The Morgan fingerprint density at radius 1 is 1.50 bits per heavy atom. The Morgan fingerprint density at radius 3 is 2.93 bits per heavy atom. The standard InChI is InChI=1S/C12H23NS/c1-3-12(10-14-2)13-9-11-7-5-4-6-8-11/h4-5,11-13H,3,6-10H2,1-2H3. The largest absolute Gasteiger partial charge is 0.313 e. The molecule has 1 nitrogen and oxygen atoms in total. The van der Waals surface area contributed by atoms with Crippen molar-refractivity contribution >= 4 is 11.8 Å². The van der Waals surface area contributed by atoms with Gasteiger partial charge in [0.25, 0.3) is 0 Å². The number of hydrogen-bond donors (Lipinski definition) is 1. The third kappa shape index (κ3) is 4.52. The van der Waals surface area contributed by atoms with E-state index in [1.807, 2.05) is 11.8 Å². The van der Waals surface area contributed by atoms with Crippen LogP contribution in [0.1, 0.15) is 32.6 Å². The molecule has 0 saturated carbocycles. The van der Waals surface area contributed by atoms with Crippen molar-refractivity contribution in [3.05, 3.63) is 12.2 Å². The van der Waals surface area contributed by atoms with Gasteiger partial charge in [-0.3, -0.25) is 0 Å². The van der Waals surface area contributed by atoms with E-state index in [1.54, 1.807) is 0 Å². The average molecular weight is 213 g/mol. The molecule has 0 saturated heterocycles. The summed E-state index contributed by atoms with van der Waals surface area (Å²) in [5.74, 6) is 2.13. The lowest BCUT2D eigenvalue weighted by Gasteiger charge is -2.22. The van der Waals surface area contributed by atoms with E-state index >= 15 is 0 Å². The Labute approximate surface area is 92.7 Å². The Balaban J connectivity index is 2.14. The van der Waals surface area contributed by atoms with Crippen molar-refractivity contribution < 1.29 is 0 Å². The van der Waals surface area contributed by atoms with Crippen LogP contribution in [-0.4, -0.2) is 24.6 Å². The first kappa shape index (κ1) is 12.1. The molecule has 1 aliphatic rings. The summed E-state index contributed by atoms with van der Waals surface area (Å²) < 4.78 is 0. The highest BCUT2D eigenvalue weighted by molar-refractivity contribution is 7.98. The minimum absolute atomic E-state index is 0.718. The van der Waals surface area contributed by atoms with E-state index in [2.05, 4.69) is 30.6 Å². The molecule has 0 fully saturated rings. The van der Waals surface area contributed by atoms with E-state index in [0.29, 0.717) is 0 Å². The number of rotatable bonds is 6. The van der Waals surface area contributed by atoms with Gasteiger partial charge in [0.15, 0.2) is 0 Å². The smallest absolute Gasteiger partial charge is 0.0155 e. The molecular formula is C12H23NS. The highest BCUT2D eigenvalue weighted by Crippen LogP contribution is 2.17. The van der Waals surface area contributed by atoms with Crippen molar-refractivity contribution in [2.24, 2.45) is 5.92 Å². The summed E-state index contributed by atoms with van der Waals surface area (Å²) in [6, 6.07) is 0.718. The second kappa shape index (κ2) is 7.36. The molecule has 1 aliphatic carbocycles. The Hall–Kier alpha value is 0.0500. The molecule has 14 heavy (non-hydrogen) atoms. The van der Waals surface area contributed by atoms with Gasteiger partial charge < -0.3 is 5.32 Å². The molecule has 82 valence electrons. The minimum Gasteiger partial charge on any atom is -0.313 e. The fourth-order valence-electron chi connectivity index (χ4n) is 1.90. The van der Waals surface area contributed by atoms with E-state index in [0.717, 1.165) is 12.0 Å². The summed E-state index contributed by atoms with van der Waals surface area (Å²) in [6.07, 6.45) is 12.0. The average Bonchev–Trinajstić information content (AvgIpc) is 2.25. The summed E-state index contributed by atoms with van der Waals surface area (Å²) in [4.78, 5) is 0. The molecule has 0 heterocycles. The molecule has 1 N–H and O–H groups in total. The number of hydrogen-bond acceptors (Lipinski definition) is 2. The predicted octanol–water partition coefficient (Wildman–Crippen LogP) is 3.07. The fraction of sp³-hybridized carbons (Fsp3) is 0.833. The van der Waals surface area contributed by atoms with Gasteiger partial charge in [0.2, 0.25) is 0 Å². The maximum absolute atomic E-state index is 3.69. The van der Waals surface area contributed by atoms with Crippen molar-refractivity contribution in [1.82, 2.24) is 5.32 Å². The Morgan fingerprint density at radius 2 is 2.36 bits per heavy atom. The van der Waals surface area contributed by atoms with Gasteiger partial charge >= 0.3 is 0 Å². The lowest BCUT2D eigenvalue weighted by atomic mass is 9.94.